The van der Waals surface area contributed by atoms with Gasteiger partial charge in [0.1, 0.15) is 0 Å². The van der Waals surface area contributed by atoms with Crippen LogP contribution in [0.1, 0.15) is 17.4 Å². The average molecular weight is 254 g/mol. The van der Waals surface area contributed by atoms with Crippen molar-refractivity contribution in [1.29, 1.82) is 0 Å². The minimum Gasteiger partial charge on any atom is -0.376 e. The number of ether oxygens (including phenoxy) is 2. The number of hydrogen-bond acceptors (Lipinski definition) is 3. The fourth-order valence-electron chi connectivity index (χ4n) is 1.36. The van der Waals surface area contributed by atoms with Gasteiger partial charge in [-0.3, -0.25) is 0 Å². The predicted molar refractivity (Wildman–Crippen MR) is 55.5 cm³/mol. The van der Waals surface area contributed by atoms with E-state index >= 15 is 0 Å². The molecule has 0 saturated heterocycles. The molecule has 2 atom stereocenters. The summed E-state index contributed by atoms with van der Waals surface area (Å²) < 4.78 is 46.9. The molecule has 0 aliphatic rings. The summed E-state index contributed by atoms with van der Waals surface area (Å²) in [5, 5.41) is 1.80. The highest BCUT2D eigenvalue weighted by Crippen LogP contribution is 2.33. The summed E-state index contributed by atoms with van der Waals surface area (Å²) in [4.78, 5) is 0.772. The highest BCUT2D eigenvalue weighted by molar-refractivity contribution is 7.10. The molecule has 1 aromatic heterocycles. The minimum absolute atomic E-state index is 0.225. The molecule has 0 spiro atoms. The second kappa shape index (κ2) is 5.65. The maximum absolute atomic E-state index is 12.5. The Kier molecular flexibility index (Phi) is 4.76. The Hall–Kier alpha value is -0.590. The zero-order valence-corrected chi connectivity index (χ0v) is 9.77. The molecule has 0 aliphatic carbocycles. The van der Waals surface area contributed by atoms with Crippen LogP contribution < -0.4 is 0 Å². The maximum Gasteiger partial charge on any atom is 0.414 e. The van der Waals surface area contributed by atoms with Gasteiger partial charge in [-0.15, -0.1) is 11.3 Å². The monoisotopic (exact) mass is 254 g/mol. The van der Waals surface area contributed by atoms with Crippen molar-refractivity contribution in [2.24, 2.45) is 0 Å². The molecule has 0 saturated carbocycles. The number of hydrogen-bond donors (Lipinski definition) is 0. The lowest BCUT2D eigenvalue weighted by Crippen LogP contribution is -2.32. The molecule has 2 nitrogen and oxygen atoms in total. The Bertz CT molecular complexity index is 298. The topological polar surface area (TPSA) is 18.5 Å². The van der Waals surface area contributed by atoms with E-state index in [2.05, 4.69) is 4.74 Å². The molecular weight excluding hydrogens is 241 g/mol. The molecule has 0 aliphatic heterocycles. The van der Waals surface area contributed by atoms with E-state index < -0.39 is 18.4 Å². The van der Waals surface area contributed by atoms with Crippen LogP contribution in [0, 0.1) is 0 Å². The van der Waals surface area contributed by atoms with Gasteiger partial charge < -0.3 is 9.47 Å². The zero-order valence-electron chi connectivity index (χ0n) is 8.95. The highest BCUT2D eigenvalue weighted by Gasteiger charge is 2.41. The Morgan fingerprint density at radius 2 is 2.00 bits per heavy atom. The number of thiophene rings is 1. The van der Waals surface area contributed by atoms with Crippen molar-refractivity contribution in [1.82, 2.24) is 0 Å². The minimum atomic E-state index is -4.36. The van der Waals surface area contributed by atoms with Gasteiger partial charge in [-0.1, -0.05) is 6.07 Å². The maximum atomic E-state index is 12.5. The summed E-state index contributed by atoms with van der Waals surface area (Å²) in [5.74, 6) is 0. The summed E-state index contributed by atoms with van der Waals surface area (Å²) in [6, 6.07) is 3.53. The van der Waals surface area contributed by atoms with Gasteiger partial charge in [0.2, 0.25) is 0 Å². The van der Waals surface area contributed by atoms with Crippen molar-refractivity contribution < 1.29 is 22.6 Å². The Morgan fingerprint density at radius 3 is 2.38 bits per heavy atom. The van der Waals surface area contributed by atoms with E-state index in [1.165, 1.54) is 18.4 Å². The van der Waals surface area contributed by atoms with E-state index in [1.54, 1.807) is 17.5 Å². The normalized spacial score (nSPS) is 16.1. The third-order valence-corrected chi connectivity index (χ3v) is 3.19. The Balaban J connectivity index is 2.69. The summed E-state index contributed by atoms with van der Waals surface area (Å²) in [5.41, 5.74) is 0. The van der Waals surface area contributed by atoms with Gasteiger partial charge in [0.15, 0.2) is 6.10 Å². The van der Waals surface area contributed by atoms with Crippen molar-refractivity contribution in [3.05, 3.63) is 22.4 Å². The molecule has 0 aromatic carbocycles. The van der Waals surface area contributed by atoms with E-state index in [-0.39, 0.29) is 6.42 Å². The second-order valence-electron chi connectivity index (χ2n) is 3.24. The van der Waals surface area contributed by atoms with E-state index in [0.29, 0.717) is 0 Å². The second-order valence-corrected chi connectivity index (χ2v) is 4.22. The first-order valence-electron chi connectivity index (χ1n) is 4.64. The van der Waals surface area contributed by atoms with Gasteiger partial charge in [-0.25, -0.2) is 0 Å². The molecule has 0 amide bonds. The van der Waals surface area contributed by atoms with Crippen molar-refractivity contribution in [3.8, 4) is 0 Å². The molecular formula is C10H13F3O2S. The van der Waals surface area contributed by atoms with Crippen molar-refractivity contribution >= 4 is 11.3 Å². The summed E-state index contributed by atoms with van der Waals surface area (Å²) >= 11 is 1.37. The van der Waals surface area contributed by atoms with E-state index in [9.17, 15) is 13.2 Å². The smallest absolute Gasteiger partial charge is 0.376 e. The fourth-order valence-corrected chi connectivity index (χ4v) is 2.18. The van der Waals surface area contributed by atoms with Crippen LogP contribution in [-0.2, 0) is 9.47 Å². The van der Waals surface area contributed by atoms with Crippen molar-refractivity contribution in [3.63, 3.8) is 0 Å². The number of alkyl halides is 3. The van der Waals surface area contributed by atoms with Crippen molar-refractivity contribution in [2.45, 2.75) is 24.8 Å². The van der Waals surface area contributed by atoms with Crippen LogP contribution >= 0.6 is 11.3 Å². The number of rotatable bonds is 5. The van der Waals surface area contributed by atoms with Gasteiger partial charge in [-0.05, 0) is 11.4 Å². The molecule has 1 heterocycles. The highest BCUT2D eigenvalue weighted by atomic mass is 32.1. The van der Waals surface area contributed by atoms with Gasteiger partial charge in [0.05, 0.1) is 6.10 Å². The lowest BCUT2D eigenvalue weighted by atomic mass is 10.1. The van der Waals surface area contributed by atoms with Crippen molar-refractivity contribution in [2.75, 3.05) is 14.2 Å². The van der Waals surface area contributed by atoms with E-state index in [4.69, 9.17) is 4.74 Å². The quantitative estimate of drug-likeness (QED) is 0.801. The molecule has 1 rings (SSSR count). The lowest BCUT2D eigenvalue weighted by Gasteiger charge is -2.22. The molecule has 2 unspecified atom stereocenters. The predicted octanol–water partition coefficient (Wildman–Crippen LogP) is 3.40. The van der Waals surface area contributed by atoms with E-state index in [1.807, 2.05) is 0 Å². The van der Waals surface area contributed by atoms with Crippen LogP contribution in [0.3, 0.4) is 0 Å². The first-order chi connectivity index (χ1) is 7.49. The first-order valence-corrected chi connectivity index (χ1v) is 5.52. The SMILES string of the molecule is COC(CC(OC)C(F)(F)F)c1cccs1. The molecule has 0 radical (unpaired) electrons. The first kappa shape index (κ1) is 13.5. The number of methoxy groups -OCH3 is 2. The van der Waals surface area contributed by atoms with Crippen LogP contribution in [0.15, 0.2) is 17.5 Å². The van der Waals surface area contributed by atoms with Crippen LogP contribution in [0.25, 0.3) is 0 Å². The summed E-state index contributed by atoms with van der Waals surface area (Å²) in [6.45, 7) is 0. The fraction of sp³-hybridized carbons (Fsp3) is 0.600. The van der Waals surface area contributed by atoms with Crippen LogP contribution in [-0.4, -0.2) is 26.5 Å². The molecule has 1 aromatic rings. The molecule has 0 bridgehead atoms. The van der Waals surface area contributed by atoms with Gasteiger partial charge in [0.25, 0.3) is 0 Å². The third kappa shape index (κ3) is 3.47. The van der Waals surface area contributed by atoms with Gasteiger partial charge in [0, 0.05) is 25.5 Å². The average Bonchev–Trinajstić information content (AvgIpc) is 2.70. The third-order valence-electron chi connectivity index (χ3n) is 2.22. The van der Waals surface area contributed by atoms with Crippen LogP contribution in [0.4, 0.5) is 13.2 Å². The number of halogens is 3. The van der Waals surface area contributed by atoms with Gasteiger partial charge in [-0.2, -0.15) is 13.2 Å². The standard InChI is InChI=1S/C10H13F3O2S/c1-14-7(8-4-3-5-16-8)6-9(15-2)10(11,12)13/h3-5,7,9H,6H2,1-2H3. The largest absolute Gasteiger partial charge is 0.414 e. The summed E-state index contributed by atoms with van der Waals surface area (Å²) in [6.07, 6.45) is -6.95. The van der Waals surface area contributed by atoms with Gasteiger partial charge >= 0.3 is 6.18 Å². The Morgan fingerprint density at radius 1 is 1.31 bits per heavy atom. The molecule has 0 fully saturated rings. The van der Waals surface area contributed by atoms with E-state index in [0.717, 1.165) is 12.0 Å². The lowest BCUT2D eigenvalue weighted by molar-refractivity contribution is -0.220. The Labute approximate surface area is 96.0 Å². The van der Waals surface area contributed by atoms with Crippen LogP contribution in [0.2, 0.25) is 0 Å². The molecule has 0 N–H and O–H groups in total. The molecule has 6 heteroatoms. The van der Waals surface area contributed by atoms with Crippen LogP contribution in [0.5, 0.6) is 0 Å². The summed E-state index contributed by atoms with van der Waals surface area (Å²) in [7, 11) is 2.45. The zero-order chi connectivity index (χ0) is 12.2. The molecule has 92 valence electrons. The molecule has 16 heavy (non-hydrogen) atoms.